The van der Waals surface area contributed by atoms with Gasteiger partial charge in [-0.15, -0.1) is 0 Å². The topological polar surface area (TPSA) is 136 Å². The fourth-order valence-corrected chi connectivity index (χ4v) is 6.04. The summed E-state index contributed by atoms with van der Waals surface area (Å²) >= 11 is 0. The third kappa shape index (κ3) is 6.58. The van der Waals surface area contributed by atoms with Crippen molar-refractivity contribution in [2.75, 3.05) is 17.5 Å². The minimum atomic E-state index is -3.98. The summed E-state index contributed by atoms with van der Waals surface area (Å²) in [6.07, 6.45) is 2.47. The molecule has 0 fully saturated rings. The van der Waals surface area contributed by atoms with Gasteiger partial charge in [-0.3, -0.25) is 19.3 Å². The van der Waals surface area contributed by atoms with Crippen molar-refractivity contribution >= 4 is 44.2 Å². The normalized spacial score (nSPS) is 11.3. The highest BCUT2D eigenvalue weighted by atomic mass is 32.2. The molecule has 0 aliphatic carbocycles. The molecule has 1 heterocycles. The van der Waals surface area contributed by atoms with Gasteiger partial charge in [0.1, 0.15) is 12.4 Å². The largest absolute Gasteiger partial charge is 0.465 e. The van der Waals surface area contributed by atoms with Gasteiger partial charge in [-0.1, -0.05) is 54.6 Å². The molecule has 3 N–H and O–H groups in total. The Labute approximate surface area is 233 Å². The van der Waals surface area contributed by atoms with Crippen LogP contribution in [0.15, 0.2) is 79.0 Å². The molecule has 0 atom stereocenters. The third-order valence-electron chi connectivity index (χ3n) is 6.57. The monoisotopic (exact) mass is 560 g/mol. The van der Waals surface area contributed by atoms with Crippen LogP contribution >= 0.6 is 0 Å². The number of nitrogen functional groups attached to an aromatic ring is 1. The molecule has 208 valence electrons. The van der Waals surface area contributed by atoms with E-state index in [1.807, 2.05) is 23.7 Å². The maximum Gasteiger partial charge on any atom is 0.326 e. The molecule has 40 heavy (non-hydrogen) atoms. The Morgan fingerprint density at radius 3 is 2.35 bits per heavy atom. The number of ketones is 1. The van der Waals surface area contributed by atoms with E-state index >= 15 is 0 Å². The molecule has 0 saturated heterocycles. The van der Waals surface area contributed by atoms with Crippen molar-refractivity contribution < 1.29 is 22.7 Å². The lowest BCUT2D eigenvalue weighted by atomic mass is 10.0. The number of amidine groups is 1. The van der Waals surface area contributed by atoms with E-state index in [0.717, 1.165) is 15.4 Å². The van der Waals surface area contributed by atoms with Gasteiger partial charge in [0.05, 0.1) is 18.0 Å². The zero-order valence-corrected chi connectivity index (χ0v) is 23.3. The van der Waals surface area contributed by atoms with Crippen LogP contribution in [0.4, 0.5) is 5.69 Å². The lowest BCUT2D eigenvalue weighted by Crippen LogP contribution is -2.37. The number of sulfonamides is 1. The average Bonchev–Trinajstić information content (AvgIpc) is 3.26. The van der Waals surface area contributed by atoms with Crippen molar-refractivity contribution in [1.29, 1.82) is 5.41 Å². The number of nitrogens with one attached hydrogen (secondary N) is 1. The molecule has 4 aromatic rings. The number of esters is 1. The Bertz CT molecular complexity index is 1640. The van der Waals surface area contributed by atoms with Crippen molar-refractivity contribution in [2.45, 2.75) is 25.5 Å². The number of Topliss-reactive ketones (excluding diaryl/α,β-unsaturated/α-hetero) is 1. The van der Waals surface area contributed by atoms with E-state index in [-0.39, 0.29) is 36.1 Å². The first kappa shape index (κ1) is 28.6. The Hall–Kier alpha value is -4.44. The summed E-state index contributed by atoms with van der Waals surface area (Å²) in [6.45, 7) is 1.30. The number of ether oxygens (including phenoxy) is 1. The lowest BCUT2D eigenvalue weighted by molar-refractivity contribution is -0.141. The maximum atomic E-state index is 13.6. The summed E-state index contributed by atoms with van der Waals surface area (Å²) in [5, 5.41) is 8.12. The molecule has 0 unspecified atom stereocenters. The second-order valence-corrected chi connectivity index (χ2v) is 11.3. The number of nitrogens with zero attached hydrogens (tertiary/aromatic N) is 2. The SMILES string of the molecule is CCOC(=O)CN(c1ccc2c(c1)c(C(=O)CCc1ccc(C(=N)N)cc1)cn2C)S(=O)(=O)Cc1ccccc1. The Morgan fingerprint density at radius 1 is 1.00 bits per heavy atom. The quantitative estimate of drug-likeness (QED) is 0.116. The van der Waals surface area contributed by atoms with Crippen LogP contribution in [0.5, 0.6) is 0 Å². The molecule has 10 heteroatoms. The molecule has 1 aromatic heterocycles. The van der Waals surface area contributed by atoms with Gasteiger partial charge in [0.2, 0.25) is 10.0 Å². The molecule has 0 aliphatic heterocycles. The van der Waals surface area contributed by atoms with E-state index in [4.69, 9.17) is 15.9 Å². The van der Waals surface area contributed by atoms with Crippen molar-refractivity contribution in [3.8, 4) is 0 Å². The van der Waals surface area contributed by atoms with Gasteiger partial charge in [0.25, 0.3) is 0 Å². The van der Waals surface area contributed by atoms with E-state index in [1.54, 1.807) is 73.8 Å². The number of benzene rings is 3. The fourth-order valence-electron chi connectivity index (χ4n) is 4.54. The minimum absolute atomic E-state index is 0.0167. The molecule has 9 nitrogen and oxygen atoms in total. The van der Waals surface area contributed by atoms with Gasteiger partial charge in [0, 0.05) is 41.7 Å². The number of rotatable bonds is 12. The highest BCUT2D eigenvalue weighted by molar-refractivity contribution is 7.92. The number of aryl methyl sites for hydroxylation is 2. The molecular formula is C30H32N4O5S. The second-order valence-electron chi connectivity index (χ2n) is 9.44. The molecule has 0 radical (unpaired) electrons. The number of aromatic nitrogens is 1. The van der Waals surface area contributed by atoms with Gasteiger partial charge in [-0.2, -0.15) is 0 Å². The molecule has 0 amide bonds. The van der Waals surface area contributed by atoms with E-state index in [2.05, 4.69) is 0 Å². The summed E-state index contributed by atoms with van der Waals surface area (Å²) in [4.78, 5) is 25.8. The van der Waals surface area contributed by atoms with Crippen molar-refractivity contribution in [3.05, 3.63) is 101 Å². The smallest absolute Gasteiger partial charge is 0.326 e. The van der Waals surface area contributed by atoms with Crippen LogP contribution in [0.1, 0.15) is 40.4 Å². The first-order chi connectivity index (χ1) is 19.1. The van der Waals surface area contributed by atoms with Gasteiger partial charge in [-0.25, -0.2) is 8.42 Å². The molecule has 0 aliphatic rings. The van der Waals surface area contributed by atoms with E-state index < -0.39 is 22.5 Å². The first-order valence-electron chi connectivity index (χ1n) is 12.8. The lowest BCUT2D eigenvalue weighted by Gasteiger charge is -2.24. The fraction of sp³-hybridized carbons (Fsp3) is 0.233. The van der Waals surface area contributed by atoms with Gasteiger partial charge >= 0.3 is 5.97 Å². The number of anilines is 1. The number of hydrogen-bond acceptors (Lipinski definition) is 6. The number of hydrogen-bond donors (Lipinski definition) is 2. The third-order valence-corrected chi connectivity index (χ3v) is 8.28. The maximum absolute atomic E-state index is 13.6. The Morgan fingerprint density at radius 2 is 1.70 bits per heavy atom. The predicted molar refractivity (Wildman–Crippen MR) is 156 cm³/mol. The summed E-state index contributed by atoms with van der Waals surface area (Å²) in [5.74, 6) is -1.08. The average molecular weight is 561 g/mol. The van der Waals surface area contributed by atoms with Crippen LogP contribution < -0.4 is 10.0 Å². The molecule has 0 saturated carbocycles. The molecule has 0 spiro atoms. The van der Waals surface area contributed by atoms with E-state index in [1.165, 1.54) is 0 Å². The minimum Gasteiger partial charge on any atom is -0.465 e. The van der Waals surface area contributed by atoms with Crippen LogP contribution in [-0.2, 0) is 38.8 Å². The zero-order chi connectivity index (χ0) is 28.9. The number of carbonyl (C=O) groups is 2. The Kier molecular flexibility index (Phi) is 8.69. The molecule has 3 aromatic carbocycles. The number of carbonyl (C=O) groups excluding carboxylic acids is 2. The number of fused-ring (bicyclic) bond motifs is 1. The summed E-state index contributed by atoms with van der Waals surface area (Å²) < 4.78 is 35.0. The summed E-state index contributed by atoms with van der Waals surface area (Å²) in [6, 6.07) is 21.0. The summed E-state index contributed by atoms with van der Waals surface area (Å²) in [7, 11) is -2.15. The van der Waals surface area contributed by atoms with Gasteiger partial charge in [-0.05, 0) is 42.7 Å². The molecule has 4 rings (SSSR count). The molecular weight excluding hydrogens is 528 g/mol. The molecule has 0 bridgehead atoms. The van der Waals surface area contributed by atoms with Crippen LogP contribution in [0.3, 0.4) is 0 Å². The van der Waals surface area contributed by atoms with Crippen LogP contribution in [0, 0.1) is 5.41 Å². The summed E-state index contributed by atoms with van der Waals surface area (Å²) in [5.41, 5.74) is 9.16. The highest BCUT2D eigenvalue weighted by Crippen LogP contribution is 2.30. The van der Waals surface area contributed by atoms with Crippen molar-refractivity contribution in [2.24, 2.45) is 12.8 Å². The highest BCUT2D eigenvalue weighted by Gasteiger charge is 2.27. The van der Waals surface area contributed by atoms with Gasteiger partial charge in [0.15, 0.2) is 5.78 Å². The van der Waals surface area contributed by atoms with Crippen molar-refractivity contribution in [1.82, 2.24) is 4.57 Å². The first-order valence-corrected chi connectivity index (χ1v) is 14.5. The Balaban J connectivity index is 1.65. The van der Waals surface area contributed by atoms with E-state index in [9.17, 15) is 18.0 Å². The second kappa shape index (κ2) is 12.2. The van der Waals surface area contributed by atoms with Crippen molar-refractivity contribution in [3.63, 3.8) is 0 Å². The zero-order valence-electron chi connectivity index (χ0n) is 22.5. The number of nitrogens with two attached hydrogens (primary N) is 1. The van der Waals surface area contributed by atoms with E-state index in [0.29, 0.717) is 28.5 Å². The standard InChI is InChI=1S/C30H32N4O5S/c1-3-39-29(36)19-34(40(37,38)20-22-7-5-4-6-8-22)24-14-15-27-25(17-24)26(18-33(27)2)28(35)16-11-21-9-12-23(13-10-21)30(31)32/h4-10,12-15,17-18H,3,11,16,19-20H2,1-2H3,(H3,31,32). The van der Waals surface area contributed by atoms with Crippen LogP contribution in [-0.4, -0.2) is 43.7 Å². The predicted octanol–water partition coefficient (Wildman–Crippen LogP) is 4.18. The van der Waals surface area contributed by atoms with Gasteiger partial charge < -0.3 is 15.0 Å². The van der Waals surface area contributed by atoms with Crippen LogP contribution in [0.25, 0.3) is 10.9 Å². The van der Waals surface area contributed by atoms with Crippen LogP contribution in [0.2, 0.25) is 0 Å².